The molecule has 0 spiro atoms. The smallest absolute Gasteiger partial charge is 0.326 e. The van der Waals surface area contributed by atoms with Crippen LogP contribution in [0.5, 0.6) is 0 Å². The Balaban J connectivity index is 2.61. The molecule has 0 saturated heterocycles. The van der Waals surface area contributed by atoms with Gasteiger partial charge in [-0.2, -0.15) is 0 Å². The molecule has 1 aliphatic rings. The molecule has 0 aromatic rings. The second-order valence-electron chi connectivity index (χ2n) is 7.15. The minimum Gasteiger partial charge on any atom is -0.480 e. The maximum absolute atomic E-state index is 12.2. The summed E-state index contributed by atoms with van der Waals surface area (Å²) in [5.74, 6) is -0.750. The number of nitrogens with one attached hydrogen (secondary N) is 1. The summed E-state index contributed by atoms with van der Waals surface area (Å²) >= 11 is 0. The molecular formula is C16H28N2O3. The van der Waals surface area contributed by atoms with Crippen molar-refractivity contribution in [2.45, 2.75) is 53.5 Å². The Morgan fingerprint density at radius 3 is 2.38 bits per heavy atom. The molecule has 5 nitrogen and oxygen atoms in total. The highest BCUT2D eigenvalue weighted by molar-refractivity contribution is 5.82. The van der Waals surface area contributed by atoms with Gasteiger partial charge in [-0.05, 0) is 24.2 Å². The SMILES string of the molecule is CC(C)C[C@H](NC(=O)N1CC=C(C(C)(C)C)CC1)C(=O)O. The number of carboxylic acids is 1. The number of carbonyl (C=O) groups is 2. The molecule has 120 valence electrons. The number of aliphatic carboxylic acids is 1. The molecule has 0 fully saturated rings. The Morgan fingerprint density at radius 2 is 2.00 bits per heavy atom. The maximum atomic E-state index is 12.2. The fraction of sp³-hybridized carbons (Fsp3) is 0.750. The van der Waals surface area contributed by atoms with Crippen molar-refractivity contribution in [3.05, 3.63) is 11.6 Å². The van der Waals surface area contributed by atoms with Gasteiger partial charge in [-0.3, -0.25) is 0 Å². The van der Waals surface area contributed by atoms with E-state index in [1.54, 1.807) is 4.90 Å². The van der Waals surface area contributed by atoms with E-state index in [2.05, 4.69) is 32.2 Å². The molecule has 0 aromatic carbocycles. The normalized spacial score (nSPS) is 17.4. The van der Waals surface area contributed by atoms with Crippen molar-refractivity contribution in [3.63, 3.8) is 0 Å². The van der Waals surface area contributed by atoms with Crippen LogP contribution in [0.2, 0.25) is 0 Å². The largest absolute Gasteiger partial charge is 0.480 e. The first-order valence-electron chi connectivity index (χ1n) is 7.59. The number of hydrogen-bond donors (Lipinski definition) is 2. The lowest BCUT2D eigenvalue weighted by Crippen LogP contribution is -2.49. The predicted octanol–water partition coefficient (Wildman–Crippen LogP) is 2.87. The Morgan fingerprint density at radius 1 is 1.38 bits per heavy atom. The van der Waals surface area contributed by atoms with Crippen molar-refractivity contribution >= 4 is 12.0 Å². The number of hydrogen-bond acceptors (Lipinski definition) is 2. The molecule has 1 atom stereocenters. The molecular weight excluding hydrogens is 268 g/mol. The van der Waals surface area contributed by atoms with Crippen molar-refractivity contribution in [1.82, 2.24) is 10.2 Å². The summed E-state index contributed by atoms with van der Waals surface area (Å²) in [7, 11) is 0. The minimum absolute atomic E-state index is 0.129. The molecule has 0 radical (unpaired) electrons. The van der Waals surface area contributed by atoms with Crippen LogP contribution in [0.15, 0.2) is 11.6 Å². The Hall–Kier alpha value is -1.52. The van der Waals surface area contributed by atoms with Crippen LogP contribution in [0.4, 0.5) is 4.79 Å². The Labute approximate surface area is 127 Å². The zero-order chi connectivity index (χ0) is 16.2. The second-order valence-corrected chi connectivity index (χ2v) is 7.15. The van der Waals surface area contributed by atoms with Gasteiger partial charge in [-0.1, -0.05) is 46.3 Å². The third-order valence-electron chi connectivity index (χ3n) is 3.76. The monoisotopic (exact) mass is 296 g/mol. The van der Waals surface area contributed by atoms with Crippen LogP contribution in [0.3, 0.4) is 0 Å². The number of nitrogens with zero attached hydrogens (tertiary/aromatic N) is 1. The topological polar surface area (TPSA) is 69.6 Å². The maximum Gasteiger partial charge on any atom is 0.326 e. The van der Waals surface area contributed by atoms with Crippen LogP contribution in [-0.2, 0) is 4.79 Å². The molecule has 0 unspecified atom stereocenters. The number of carboxylic acid groups (broad SMARTS) is 1. The standard InChI is InChI=1S/C16H28N2O3/c1-11(2)10-13(14(19)20)17-15(21)18-8-6-12(7-9-18)16(3,4)5/h6,11,13H,7-10H2,1-5H3,(H,17,21)(H,19,20)/t13-/m0/s1. The Bertz CT molecular complexity index is 422. The second kappa shape index (κ2) is 6.96. The van der Waals surface area contributed by atoms with Crippen LogP contribution in [0.25, 0.3) is 0 Å². The van der Waals surface area contributed by atoms with Crippen LogP contribution in [0.1, 0.15) is 47.5 Å². The number of urea groups is 1. The highest BCUT2D eigenvalue weighted by Crippen LogP contribution is 2.30. The number of rotatable bonds is 4. The average Bonchev–Trinajstić information content (AvgIpc) is 2.36. The molecule has 0 bridgehead atoms. The average molecular weight is 296 g/mol. The molecule has 2 N–H and O–H groups in total. The van der Waals surface area contributed by atoms with Gasteiger partial charge in [0.25, 0.3) is 0 Å². The van der Waals surface area contributed by atoms with E-state index in [4.69, 9.17) is 0 Å². The molecule has 0 saturated carbocycles. The summed E-state index contributed by atoms with van der Waals surface area (Å²) < 4.78 is 0. The molecule has 5 heteroatoms. The predicted molar refractivity (Wildman–Crippen MR) is 83.1 cm³/mol. The third-order valence-corrected chi connectivity index (χ3v) is 3.76. The minimum atomic E-state index is -0.972. The molecule has 0 aliphatic carbocycles. The van der Waals surface area contributed by atoms with Crippen LogP contribution < -0.4 is 5.32 Å². The molecule has 1 aliphatic heterocycles. The van der Waals surface area contributed by atoms with E-state index in [9.17, 15) is 14.7 Å². The first-order valence-corrected chi connectivity index (χ1v) is 7.59. The van der Waals surface area contributed by atoms with Gasteiger partial charge < -0.3 is 15.3 Å². The highest BCUT2D eigenvalue weighted by atomic mass is 16.4. The molecule has 1 heterocycles. The fourth-order valence-electron chi connectivity index (χ4n) is 2.47. The highest BCUT2D eigenvalue weighted by Gasteiger charge is 2.27. The summed E-state index contributed by atoms with van der Waals surface area (Å²) in [4.78, 5) is 25.0. The molecule has 21 heavy (non-hydrogen) atoms. The van der Waals surface area contributed by atoms with E-state index < -0.39 is 12.0 Å². The van der Waals surface area contributed by atoms with Gasteiger partial charge in [0.2, 0.25) is 0 Å². The van der Waals surface area contributed by atoms with Gasteiger partial charge >= 0.3 is 12.0 Å². The van der Waals surface area contributed by atoms with Gasteiger partial charge in [0.1, 0.15) is 6.04 Å². The van der Waals surface area contributed by atoms with Gasteiger partial charge in [0.15, 0.2) is 0 Å². The Kier molecular flexibility index (Phi) is 5.81. The lowest BCUT2D eigenvalue weighted by Gasteiger charge is -2.33. The van der Waals surface area contributed by atoms with Crippen LogP contribution >= 0.6 is 0 Å². The zero-order valence-corrected chi connectivity index (χ0v) is 13.8. The number of carbonyl (C=O) groups excluding carboxylic acids is 1. The van der Waals surface area contributed by atoms with E-state index in [-0.39, 0.29) is 17.4 Å². The summed E-state index contributed by atoms with van der Waals surface area (Å²) in [5, 5.41) is 11.8. The fourth-order valence-corrected chi connectivity index (χ4v) is 2.47. The zero-order valence-electron chi connectivity index (χ0n) is 13.8. The summed E-state index contributed by atoms with van der Waals surface area (Å²) in [6, 6.07) is -1.10. The van der Waals surface area contributed by atoms with Crippen LogP contribution in [-0.4, -0.2) is 41.1 Å². The van der Waals surface area contributed by atoms with Crippen molar-refractivity contribution in [2.24, 2.45) is 11.3 Å². The quantitative estimate of drug-likeness (QED) is 0.784. The summed E-state index contributed by atoms with van der Waals surface area (Å²) in [6.45, 7) is 11.6. The number of amides is 2. The summed E-state index contributed by atoms with van der Waals surface area (Å²) in [6.07, 6.45) is 3.37. The van der Waals surface area contributed by atoms with Gasteiger partial charge in [-0.25, -0.2) is 9.59 Å². The third kappa shape index (κ3) is 5.40. The van der Waals surface area contributed by atoms with Crippen molar-refractivity contribution in [1.29, 1.82) is 0 Å². The lowest BCUT2D eigenvalue weighted by atomic mass is 9.83. The van der Waals surface area contributed by atoms with E-state index in [0.29, 0.717) is 19.5 Å². The van der Waals surface area contributed by atoms with Gasteiger partial charge in [0.05, 0.1) is 0 Å². The van der Waals surface area contributed by atoms with Crippen molar-refractivity contribution in [2.75, 3.05) is 13.1 Å². The van der Waals surface area contributed by atoms with Gasteiger partial charge in [-0.15, -0.1) is 0 Å². The van der Waals surface area contributed by atoms with Gasteiger partial charge in [0, 0.05) is 13.1 Å². The molecule has 2 amide bonds. The molecule has 1 rings (SSSR count). The first kappa shape index (κ1) is 17.5. The molecule has 0 aromatic heterocycles. The van der Waals surface area contributed by atoms with E-state index in [1.807, 2.05) is 13.8 Å². The van der Waals surface area contributed by atoms with Crippen molar-refractivity contribution < 1.29 is 14.7 Å². The van der Waals surface area contributed by atoms with Crippen LogP contribution in [0, 0.1) is 11.3 Å². The van der Waals surface area contributed by atoms with E-state index >= 15 is 0 Å². The van der Waals surface area contributed by atoms with E-state index in [1.165, 1.54) is 5.57 Å². The van der Waals surface area contributed by atoms with Crippen molar-refractivity contribution in [3.8, 4) is 0 Å². The summed E-state index contributed by atoms with van der Waals surface area (Å²) in [5.41, 5.74) is 1.48. The van der Waals surface area contributed by atoms with E-state index in [0.717, 1.165) is 6.42 Å². The first-order chi connectivity index (χ1) is 9.61. The lowest BCUT2D eigenvalue weighted by molar-refractivity contribution is -0.139.